The Labute approximate surface area is 153 Å². The first-order valence-corrected chi connectivity index (χ1v) is 9.10. The highest BCUT2D eigenvalue weighted by molar-refractivity contribution is 5.93. The van der Waals surface area contributed by atoms with E-state index in [1.54, 1.807) is 23.1 Å². The highest BCUT2D eigenvalue weighted by Crippen LogP contribution is 2.21. The minimum absolute atomic E-state index is 0.0996. The Bertz CT molecular complexity index is 761. The molecule has 2 heterocycles. The molecule has 1 N–H and O–H groups in total. The van der Waals surface area contributed by atoms with Crippen molar-refractivity contribution in [2.75, 3.05) is 13.1 Å². The van der Waals surface area contributed by atoms with Crippen LogP contribution >= 0.6 is 0 Å². The molecule has 26 heavy (non-hydrogen) atoms. The Balaban J connectivity index is 1.59. The van der Waals surface area contributed by atoms with Crippen molar-refractivity contribution >= 4 is 11.7 Å². The molecule has 1 aromatic heterocycles. The molecule has 5 heteroatoms. The van der Waals surface area contributed by atoms with Crippen LogP contribution < -0.4 is 0 Å². The lowest BCUT2D eigenvalue weighted by Gasteiger charge is -2.32. The smallest absolute Gasteiger partial charge is 0.272 e. The quantitative estimate of drug-likeness (QED) is 0.868. The Kier molecular flexibility index (Phi) is 6.12. The van der Waals surface area contributed by atoms with Crippen molar-refractivity contribution in [1.29, 1.82) is 0 Å². The number of hydrogen-bond acceptors (Lipinski definition) is 4. The lowest BCUT2D eigenvalue weighted by Crippen LogP contribution is -2.42. The summed E-state index contributed by atoms with van der Waals surface area (Å²) in [6.45, 7) is 0.908. The average molecular weight is 352 g/mol. The number of benzene rings is 1. The van der Waals surface area contributed by atoms with Crippen LogP contribution in [0.25, 0.3) is 0 Å². The third-order valence-corrected chi connectivity index (χ3v) is 4.85. The first-order valence-electron chi connectivity index (χ1n) is 9.10. The van der Waals surface area contributed by atoms with Crippen molar-refractivity contribution in [1.82, 2.24) is 9.88 Å². The van der Waals surface area contributed by atoms with Crippen molar-refractivity contribution in [2.24, 2.45) is 5.92 Å². The van der Waals surface area contributed by atoms with Gasteiger partial charge in [-0.2, -0.15) is 0 Å². The molecule has 1 atom stereocenters. The Morgan fingerprint density at radius 3 is 2.69 bits per heavy atom. The molecule has 5 nitrogen and oxygen atoms in total. The number of piperidine rings is 1. The molecule has 0 radical (unpaired) electrons. The van der Waals surface area contributed by atoms with E-state index >= 15 is 0 Å². The fraction of sp³-hybridized carbons (Fsp3) is 0.381. The number of ketones is 1. The lowest BCUT2D eigenvalue weighted by molar-refractivity contribution is -0.124. The van der Waals surface area contributed by atoms with E-state index in [0.29, 0.717) is 30.9 Å². The SMILES string of the molecule is O=C(CCc1ccccc1)[C@@H]1CCCN(C(=O)c2cccc(CO)n2)C1. The van der Waals surface area contributed by atoms with E-state index in [0.717, 1.165) is 24.8 Å². The summed E-state index contributed by atoms with van der Waals surface area (Å²) in [7, 11) is 0. The molecule has 0 saturated carbocycles. The number of hydrogen-bond donors (Lipinski definition) is 1. The fourth-order valence-corrected chi connectivity index (χ4v) is 3.39. The molecule has 0 unspecified atom stereocenters. The molecule has 3 rings (SSSR count). The number of aromatic nitrogens is 1. The standard InChI is InChI=1S/C21H24N2O3/c24-15-18-9-4-10-19(22-18)21(26)23-13-5-8-17(14-23)20(25)12-11-16-6-2-1-3-7-16/h1-4,6-7,9-10,17,24H,5,8,11-15H2/t17-/m1/s1. The van der Waals surface area contributed by atoms with E-state index in [9.17, 15) is 14.7 Å². The molecule has 1 fully saturated rings. The van der Waals surface area contributed by atoms with E-state index in [2.05, 4.69) is 4.98 Å². The molecular formula is C21H24N2O3. The molecule has 1 aliphatic rings. The summed E-state index contributed by atoms with van der Waals surface area (Å²) in [5.74, 6) is -0.0401. The van der Waals surface area contributed by atoms with E-state index in [-0.39, 0.29) is 24.2 Å². The van der Waals surface area contributed by atoms with Gasteiger partial charge in [0, 0.05) is 25.4 Å². The topological polar surface area (TPSA) is 70.5 Å². The molecule has 1 aromatic carbocycles. The number of aliphatic hydroxyl groups excluding tert-OH is 1. The molecule has 0 aliphatic carbocycles. The van der Waals surface area contributed by atoms with E-state index < -0.39 is 0 Å². The molecular weight excluding hydrogens is 328 g/mol. The van der Waals surface area contributed by atoms with Crippen LogP contribution in [0.5, 0.6) is 0 Å². The molecule has 1 aliphatic heterocycles. The number of pyridine rings is 1. The highest BCUT2D eigenvalue weighted by atomic mass is 16.3. The van der Waals surface area contributed by atoms with Crippen LogP contribution in [-0.4, -0.2) is 39.8 Å². The van der Waals surface area contributed by atoms with Crippen LogP contribution in [0.2, 0.25) is 0 Å². The number of aliphatic hydroxyl groups is 1. The fourth-order valence-electron chi connectivity index (χ4n) is 3.39. The Morgan fingerprint density at radius 2 is 1.92 bits per heavy atom. The summed E-state index contributed by atoms with van der Waals surface area (Å²) >= 11 is 0. The number of aryl methyl sites for hydroxylation is 1. The minimum atomic E-state index is -0.193. The summed E-state index contributed by atoms with van der Waals surface area (Å²) in [4.78, 5) is 31.2. The van der Waals surface area contributed by atoms with Gasteiger partial charge in [0.25, 0.3) is 5.91 Å². The number of rotatable bonds is 6. The van der Waals surface area contributed by atoms with Gasteiger partial charge in [-0.3, -0.25) is 9.59 Å². The van der Waals surface area contributed by atoms with Gasteiger partial charge in [-0.15, -0.1) is 0 Å². The van der Waals surface area contributed by atoms with Crippen molar-refractivity contribution in [3.8, 4) is 0 Å². The van der Waals surface area contributed by atoms with E-state index in [1.165, 1.54) is 0 Å². The Hall–Kier alpha value is -2.53. The van der Waals surface area contributed by atoms with Crippen LogP contribution in [0, 0.1) is 5.92 Å². The van der Waals surface area contributed by atoms with Crippen LogP contribution in [0.3, 0.4) is 0 Å². The van der Waals surface area contributed by atoms with Gasteiger partial charge in [0.2, 0.25) is 0 Å². The predicted molar refractivity (Wildman–Crippen MR) is 98.6 cm³/mol. The van der Waals surface area contributed by atoms with Crippen molar-refractivity contribution in [2.45, 2.75) is 32.3 Å². The number of carbonyl (C=O) groups is 2. The Morgan fingerprint density at radius 1 is 1.12 bits per heavy atom. The summed E-state index contributed by atoms with van der Waals surface area (Å²) in [5, 5.41) is 9.19. The number of nitrogens with zero attached hydrogens (tertiary/aromatic N) is 2. The van der Waals surface area contributed by atoms with Gasteiger partial charge in [0.15, 0.2) is 0 Å². The van der Waals surface area contributed by atoms with Crippen LogP contribution in [-0.2, 0) is 17.8 Å². The largest absolute Gasteiger partial charge is 0.390 e. The third kappa shape index (κ3) is 4.55. The molecule has 2 aromatic rings. The number of Topliss-reactive ketones (excluding diaryl/α,β-unsaturated/α-hetero) is 1. The highest BCUT2D eigenvalue weighted by Gasteiger charge is 2.29. The van der Waals surface area contributed by atoms with Gasteiger partial charge in [-0.1, -0.05) is 36.4 Å². The van der Waals surface area contributed by atoms with E-state index in [4.69, 9.17) is 0 Å². The molecule has 1 saturated heterocycles. The normalized spacial score (nSPS) is 17.1. The van der Waals surface area contributed by atoms with Crippen LogP contribution in [0.15, 0.2) is 48.5 Å². The first kappa shape index (κ1) is 18.3. The van der Waals surface area contributed by atoms with Gasteiger partial charge in [0.05, 0.1) is 12.3 Å². The summed E-state index contributed by atoms with van der Waals surface area (Å²) < 4.78 is 0. The van der Waals surface area contributed by atoms with Gasteiger partial charge >= 0.3 is 0 Å². The molecule has 0 bridgehead atoms. The average Bonchev–Trinajstić information content (AvgIpc) is 2.72. The second-order valence-electron chi connectivity index (χ2n) is 6.71. The number of carbonyl (C=O) groups excluding carboxylic acids is 2. The van der Waals surface area contributed by atoms with E-state index in [1.807, 2.05) is 30.3 Å². The van der Waals surface area contributed by atoms with Crippen molar-refractivity contribution < 1.29 is 14.7 Å². The second-order valence-corrected chi connectivity index (χ2v) is 6.71. The van der Waals surface area contributed by atoms with Gasteiger partial charge in [-0.05, 0) is 37.0 Å². The zero-order valence-corrected chi connectivity index (χ0v) is 14.8. The summed E-state index contributed by atoms with van der Waals surface area (Å²) in [5.41, 5.74) is 1.96. The zero-order valence-electron chi connectivity index (χ0n) is 14.8. The van der Waals surface area contributed by atoms with Gasteiger partial charge in [0.1, 0.15) is 11.5 Å². The zero-order chi connectivity index (χ0) is 18.4. The lowest BCUT2D eigenvalue weighted by atomic mass is 9.90. The van der Waals surface area contributed by atoms with Gasteiger partial charge < -0.3 is 10.0 Å². The first-order chi connectivity index (χ1) is 12.7. The molecule has 136 valence electrons. The maximum atomic E-state index is 12.7. The number of amides is 1. The molecule has 1 amide bonds. The third-order valence-electron chi connectivity index (χ3n) is 4.85. The summed E-state index contributed by atoms with van der Waals surface area (Å²) in [6.07, 6.45) is 2.91. The van der Waals surface area contributed by atoms with Crippen molar-refractivity contribution in [3.05, 3.63) is 65.5 Å². The maximum absolute atomic E-state index is 12.7. The van der Waals surface area contributed by atoms with Crippen LogP contribution in [0.1, 0.15) is 41.0 Å². The maximum Gasteiger partial charge on any atom is 0.272 e. The number of likely N-dealkylation sites (tertiary alicyclic amines) is 1. The molecule has 0 spiro atoms. The predicted octanol–water partition coefficient (Wildman–Crippen LogP) is 2.63. The van der Waals surface area contributed by atoms with Crippen LogP contribution in [0.4, 0.5) is 0 Å². The monoisotopic (exact) mass is 352 g/mol. The summed E-state index contributed by atoms with van der Waals surface area (Å²) in [6, 6.07) is 15.1. The second kappa shape index (κ2) is 8.72. The minimum Gasteiger partial charge on any atom is -0.390 e. The van der Waals surface area contributed by atoms with Crippen molar-refractivity contribution in [3.63, 3.8) is 0 Å². The van der Waals surface area contributed by atoms with Gasteiger partial charge in [-0.25, -0.2) is 4.98 Å².